The summed E-state index contributed by atoms with van der Waals surface area (Å²) in [5.74, 6) is -0.512. The molecule has 4 heteroatoms. The molecule has 4 aromatic rings. The Morgan fingerprint density at radius 3 is 0.861 bits per heavy atom. The molecule has 4 nitrogen and oxygen atoms in total. The molecule has 4 aromatic carbocycles. The quantitative estimate of drug-likeness (QED) is 0.167. The van der Waals surface area contributed by atoms with Crippen molar-refractivity contribution in [3.8, 4) is 0 Å². The van der Waals surface area contributed by atoms with Crippen molar-refractivity contribution in [3.05, 3.63) is 142 Å². The van der Waals surface area contributed by atoms with Crippen molar-refractivity contribution in [3.63, 3.8) is 0 Å². The predicted molar refractivity (Wildman–Crippen MR) is 146 cm³/mol. The van der Waals surface area contributed by atoms with Gasteiger partial charge in [-0.2, -0.15) is 0 Å². The van der Waals surface area contributed by atoms with E-state index >= 15 is 0 Å². The lowest BCUT2D eigenvalue weighted by Gasteiger charge is -2.08. The van der Waals surface area contributed by atoms with Crippen LogP contribution in [0.1, 0.15) is 54.1 Å². The zero-order valence-corrected chi connectivity index (χ0v) is 20.9. The molecule has 0 radical (unpaired) electrons. The predicted octanol–water partition coefficient (Wildman–Crippen LogP) is 6.88. The molecule has 0 spiro atoms. The van der Waals surface area contributed by atoms with Crippen molar-refractivity contribution >= 4 is 23.0 Å². The Hall–Kier alpha value is -4.44. The molecule has 36 heavy (non-hydrogen) atoms. The highest BCUT2D eigenvalue weighted by atomic mass is 16.1. The molecule has 0 aliphatic carbocycles. The van der Waals surface area contributed by atoms with Crippen LogP contribution in [0.25, 0.3) is 0 Å². The van der Waals surface area contributed by atoms with Gasteiger partial charge in [-0.1, -0.05) is 119 Å². The summed E-state index contributed by atoms with van der Waals surface area (Å²) in [4.78, 5) is 27.1. The topological polar surface area (TPSA) is 58.9 Å². The fourth-order valence-corrected chi connectivity index (χ4v) is 3.67. The monoisotopic (exact) mass is 472 g/mol. The lowest BCUT2D eigenvalue weighted by molar-refractivity contribution is 0.105. The SMILES string of the molecule is Cc1ccc(C(=O)/C(=N/N=C(/C(=O)c2ccc(C)cc2)c2ccc(C)cc2)c2ccc(C)cc2)cc1. The first-order valence-electron chi connectivity index (χ1n) is 11.8. The van der Waals surface area contributed by atoms with Gasteiger partial charge in [0.25, 0.3) is 0 Å². The molecule has 0 unspecified atom stereocenters. The maximum Gasteiger partial charge on any atom is 0.213 e. The number of aryl methyl sites for hydroxylation is 4. The largest absolute Gasteiger partial charge is 0.287 e. The number of rotatable bonds is 7. The van der Waals surface area contributed by atoms with E-state index in [0.717, 1.165) is 22.3 Å². The van der Waals surface area contributed by atoms with E-state index in [2.05, 4.69) is 10.2 Å². The Labute approximate surface area is 212 Å². The van der Waals surface area contributed by atoms with Gasteiger partial charge in [0, 0.05) is 22.3 Å². The number of carbonyl (C=O) groups excluding carboxylic acids is 2. The summed E-state index contributed by atoms with van der Waals surface area (Å²) in [6, 6.07) is 29.8. The van der Waals surface area contributed by atoms with Crippen molar-refractivity contribution in [2.75, 3.05) is 0 Å². The second-order valence-corrected chi connectivity index (χ2v) is 9.02. The van der Waals surface area contributed by atoms with Crippen LogP contribution in [0, 0.1) is 27.7 Å². The summed E-state index contributed by atoms with van der Waals surface area (Å²) in [6.07, 6.45) is 0. The average Bonchev–Trinajstić information content (AvgIpc) is 2.88. The Morgan fingerprint density at radius 2 is 0.611 bits per heavy atom. The zero-order chi connectivity index (χ0) is 25.7. The molecular weight excluding hydrogens is 444 g/mol. The minimum absolute atomic E-state index is 0.181. The van der Waals surface area contributed by atoms with Gasteiger partial charge in [0.15, 0.2) is 0 Å². The lowest BCUT2D eigenvalue weighted by Crippen LogP contribution is -2.18. The van der Waals surface area contributed by atoms with Crippen molar-refractivity contribution in [2.45, 2.75) is 27.7 Å². The molecule has 0 fully saturated rings. The van der Waals surface area contributed by atoms with E-state index in [1.54, 1.807) is 24.3 Å². The second kappa shape index (κ2) is 10.9. The molecule has 0 aliphatic heterocycles. The van der Waals surface area contributed by atoms with Crippen molar-refractivity contribution in [1.29, 1.82) is 0 Å². The van der Waals surface area contributed by atoms with E-state index in [9.17, 15) is 9.59 Å². The van der Waals surface area contributed by atoms with Gasteiger partial charge in [0.1, 0.15) is 11.4 Å². The number of carbonyl (C=O) groups is 2. The number of hydrogen-bond donors (Lipinski definition) is 0. The van der Waals surface area contributed by atoms with E-state index in [0.29, 0.717) is 22.3 Å². The van der Waals surface area contributed by atoms with Crippen LogP contribution >= 0.6 is 0 Å². The fraction of sp³-hybridized carbons (Fsp3) is 0.125. The van der Waals surface area contributed by atoms with Crippen molar-refractivity contribution in [2.24, 2.45) is 10.2 Å². The standard InChI is InChI=1S/C32H28N2O2/c1-21-5-13-25(14-6-21)29(31(35)27-17-9-23(3)10-18-27)33-34-30(26-15-7-22(2)8-16-26)32(36)28-19-11-24(4)12-20-28/h5-20H,1-4H3/b33-29+,34-30+. The summed E-state index contributed by atoms with van der Waals surface area (Å²) in [7, 11) is 0. The van der Waals surface area contributed by atoms with Crippen LogP contribution in [0.5, 0.6) is 0 Å². The summed E-state index contributed by atoms with van der Waals surface area (Å²) in [6.45, 7) is 7.91. The molecule has 0 aliphatic rings. The van der Waals surface area contributed by atoms with Crippen molar-refractivity contribution in [1.82, 2.24) is 0 Å². The van der Waals surface area contributed by atoms with Crippen LogP contribution in [0.4, 0.5) is 0 Å². The first-order chi connectivity index (χ1) is 17.3. The number of ketones is 2. The summed E-state index contributed by atoms with van der Waals surface area (Å²) < 4.78 is 0. The highest BCUT2D eigenvalue weighted by Crippen LogP contribution is 2.15. The number of Topliss-reactive ketones (excluding diaryl/α,β-unsaturated/α-hetero) is 2. The van der Waals surface area contributed by atoms with E-state index in [-0.39, 0.29) is 23.0 Å². The molecule has 0 aromatic heterocycles. The molecular formula is C32H28N2O2. The summed E-state index contributed by atoms with van der Waals surface area (Å²) >= 11 is 0. The van der Waals surface area contributed by atoms with Crippen LogP contribution < -0.4 is 0 Å². The maximum atomic E-state index is 13.5. The highest BCUT2D eigenvalue weighted by molar-refractivity contribution is 6.53. The van der Waals surface area contributed by atoms with Gasteiger partial charge in [-0.3, -0.25) is 9.59 Å². The van der Waals surface area contributed by atoms with E-state index < -0.39 is 0 Å². The van der Waals surface area contributed by atoms with Gasteiger partial charge < -0.3 is 0 Å². The number of nitrogens with zero attached hydrogens (tertiary/aromatic N) is 2. The van der Waals surface area contributed by atoms with Crippen LogP contribution in [0.15, 0.2) is 107 Å². The van der Waals surface area contributed by atoms with E-state index in [1.165, 1.54) is 0 Å². The highest BCUT2D eigenvalue weighted by Gasteiger charge is 2.20. The number of benzene rings is 4. The maximum absolute atomic E-state index is 13.5. The third kappa shape index (κ3) is 5.78. The molecule has 0 N–H and O–H groups in total. The third-order valence-electron chi connectivity index (χ3n) is 5.96. The second-order valence-electron chi connectivity index (χ2n) is 9.02. The first-order valence-corrected chi connectivity index (χ1v) is 11.8. The van der Waals surface area contributed by atoms with Gasteiger partial charge in [0.05, 0.1) is 0 Å². The average molecular weight is 473 g/mol. The normalized spacial score (nSPS) is 11.9. The van der Waals surface area contributed by atoms with E-state index in [1.807, 2.05) is 100 Å². The van der Waals surface area contributed by atoms with Gasteiger partial charge in [-0.15, -0.1) is 10.2 Å². The van der Waals surface area contributed by atoms with Gasteiger partial charge in [0.2, 0.25) is 11.6 Å². The Morgan fingerprint density at radius 1 is 0.389 bits per heavy atom. The van der Waals surface area contributed by atoms with Crippen LogP contribution in [0.3, 0.4) is 0 Å². The Bertz CT molecular complexity index is 1330. The summed E-state index contributed by atoms with van der Waals surface area (Å²) in [5, 5.41) is 8.84. The minimum atomic E-state index is -0.256. The Balaban J connectivity index is 1.86. The lowest BCUT2D eigenvalue weighted by atomic mass is 9.99. The molecule has 4 rings (SSSR count). The third-order valence-corrected chi connectivity index (χ3v) is 5.96. The molecule has 178 valence electrons. The molecule has 0 heterocycles. The van der Waals surface area contributed by atoms with Gasteiger partial charge in [-0.05, 0) is 27.7 Å². The molecule has 0 bridgehead atoms. The van der Waals surface area contributed by atoms with Crippen molar-refractivity contribution < 1.29 is 9.59 Å². The van der Waals surface area contributed by atoms with Gasteiger partial charge >= 0.3 is 0 Å². The minimum Gasteiger partial charge on any atom is -0.287 e. The zero-order valence-electron chi connectivity index (χ0n) is 20.9. The van der Waals surface area contributed by atoms with Crippen LogP contribution in [-0.4, -0.2) is 23.0 Å². The van der Waals surface area contributed by atoms with Crippen LogP contribution in [0.2, 0.25) is 0 Å². The molecule has 0 amide bonds. The molecule has 0 saturated carbocycles. The summed E-state index contributed by atoms with van der Waals surface area (Å²) in [5.41, 5.74) is 6.92. The number of hydrogen-bond acceptors (Lipinski definition) is 4. The first kappa shape index (κ1) is 24.7. The molecule has 0 atom stereocenters. The smallest absolute Gasteiger partial charge is 0.213 e. The van der Waals surface area contributed by atoms with Crippen LogP contribution in [-0.2, 0) is 0 Å². The van der Waals surface area contributed by atoms with E-state index in [4.69, 9.17) is 0 Å². The Kier molecular flexibility index (Phi) is 7.45. The van der Waals surface area contributed by atoms with Gasteiger partial charge in [-0.25, -0.2) is 0 Å². The molecule has 0 saturated heterocycles. The fourth-order valence-electron chi connectivity index (χ4n) is 3.67.